The van der Waals surface area contributed by atoms with Crippen molar-refractivity contribution in [2.24, 2.45) is 0 Å². The molecule has 0 aliphatic rings. The zero-order valence-electron chi connectivity index (χ0n) is 13.8. The lowest BCUT2D eigenvalue weighted by Gasteiger charge is -2.10. The number of carbonyl (C=O) groups is 1. The summed E-state index contributed by atoms with van der Waals surface area (Å²) in [7, 11) is 0. The van der Waals surface area contributed by atoms with Gasteiger partial charge in [-0.15, -0.1) is 0 Å². The fourth-order valence-corrected chi connectivity index (χ4v) is 1.98. The number of aliphatic hydroxyl groups is 1. The molecule has 4 heteroatoms. The van der Waals surface area contributed by atoms with E-state index in [2.05, 4.69) is 0 Å². The molecule has 0 saturated carbocycles. The van der Waals surface area contributed by atoms with Gasteiger partial charge in [-0.2, -0.15) is 0 Å². The van der Waals surface area contributed by atoms with Gasteiger partial charge in [0.2, 0.25) is 0 Å². The minimum atomic E-state index is -1.02. The number of aromatic hydroxyl groups is 1. The molecule has 1 atom stereocenters. The Kier molecular flexibility index (Phi) is 7.29. The molecule has 1 rings (SSSR count). The Morgan fingerprint density at radius 2 is 1.91 bits per heavy atom. The number of rotatable bonds is 7. The zero-order valence-corrected chi connectivity index (χ0v) is 13.8. The molecule has 0 aromatic heterocycles. The van der Waals surface area contributed by atoms with Crippen LogP contribution in [0, 0.1) is 0 Å². The van der Waals surface area contributed by atoms with Crippen molar-refractivity contribution in [3.63, 3.8) is 0 Å². The average Bonchev–Trinajstić information content (AvgIpc) is 2.49. The number of aliphatic hydroxyl groups excluding tert-OH is 1. The fourth-order valence-electron chi connectivity index (χ4n) is 1.98. The second-order valence-corrected chi connectivity index (χ2v) is 5.74. The van der Waals surface area contributed by atoms with Crippen LogP contribution in [0.3, 0.4) is 0 Å². The van der Waals surface area contributed by atoms with E-state index in [0.717, 1.165) is 17.2 Å². The van der Waals surface area contributed by atoms with Gasteiger partial charge in [0.25, 0.3) is 0 Å². The third-order valence-electron chi connectivity index (χ3n) is 3.44. The number of carboxylic acid groups (broad SMARTS) is 1. The van der Waals surface area contributed by atoms with E-state index < -0.39 is 12.1 Å². The van der Waals surface area contributed by atoms with Crippen molar-refractivity contribution in [2.75, 3.05) is 0 Å². The molecule has 4 nitrogen and oxygen atoms in total. The first-order valence-electron chi connectivity index (χ1n) is 7.50. The average molecular weight is 316 g/mol. The van der Waals surface area contributed by atoms with Crippen molar-refractivity contribution >= 4 is 12.0 Å². The maximum Gasteiger partial charge on any atom is 0.328 e. The van der Waals surface area contributed by atoms with Gasteiger partial charge in [0.05, 0.1) is 6.10 Å². The van der Waals surface area contributed by atoms with E-state index in [1.165, 1.54) is 6.08 Å². The van der Waals surface area contributed by atoms with Gasteiger partial charge in [-0.25, -0.2) is 4.79 Å². The Bertz CT molecular complexity index is 635. The maximum absolute atomic E-state index is 10.5. The van der Waals surface area contributed by atoms with E-state index in [1.807, 2.05) is 32.9 Å². The number of hydrogen-bond donors (Lipinski definition) is 3. The van der Waals surface area contributed by atoms with Gasteiger partial charge < -0.3 is 15.3 Å². The van der Waals surface area contributed by atoms with Crippen LogP contribution in [0.1, 0.15) is 38.3 Å². The number of benzene rings is 1. The Morgan fingerprint density at radius 3 is 2.52 bits per heavy atom. The molecule has 0 amide bonds. The predicted octanol–water partition coefficient (Wildman–Crippen LogP) is 3.70. The minimum Gasteiger partial charge on any atom is -0.508 e. The predicted molar refractivity (Wildman–Crippen MR) is 92.3 cm³/mol. The highest BCUT2D eigenvalue weighted by Gasteiger charge is 2.06. The molecule has 0 aliphatic heterocycles. The molecule has 1 aromatic rings. The topological polar surface area (TPSA) is 77.8 Å². The van der Waals surface area contributed by atoms with E-state index in [-0.39, 0.29) is 5.75 Å². The number of aliphatic carboxylic acids is 1. The largest absolute Gasteiger partial charge is 0.508 e. The van der Waals surface area contributed by atoms with Crippen molar-refractivity contribution in [1.29, 1.82) is 0 Å². The highest BCUT2D eigenvalue weighted by Crippen LogP contribution is 2.21. The van der Waals surface area contributed by atoms with Gasteiger partial charge in [0, 0.05) is 6.08 Å². The molecule has 1 aromatic carbocycles. The highest BCUT2D eigenvalue weighted by molar-refractivity contribution is 5.85. The third-order valence-corrected chi connectivity index (χ3v) is 3.44. The van der Waals surface area contributed by atoms with Crippen molar-refractivity contribution in [1.82, 2.24) is 0 Å². The van der Waals surface area contributed by atoms with Gasteiger partial charge in [0.1, 0.15) is 5.75 Å². The molecule has 0 aliphatic carbocycles. The molecule has 124 valence electrons. The lowest BCUT2D eigenvalue weighted by Crippen LogP contribution is -2.07. The van der Waals surface area contributed by atoms with Crippen LogP contribution in [0.15, 0.2) is 47.6 Å². The molecule has 3 N–H and O–H groups in total. The molecule has 0 spiro atoms. The first-order chi connectivity index (χ1) is 10.8. The second-order valence-electron chi connectivity index (χ2n) is 5.74. The summed E-state index contributed by atoms with van der Waals surface area (Å²) in [5.41, 5.74) is 3.39. The van der Waals surface area contributed by atoms with Crippen molar-refractivity contribution in [2.45, 2.75) is 39.7 Å². The molecule has 0 saturated heterocycles. The molecule has 0 bridgehead atoms. The summed E-state index contributed by atoms with van der Waals surface area (Å²) in [6, 6.07) is 4.93. The van der Waals surface area contributed by atoms with Crippen LogP contribution < -0.4 is 0 Å². The number of allylic oxidation sites excluding steroid dienone is 2. The first kappa shape index (κ1) is 18.7. The second kappa shape index (κ2) is 8.96. The Labute approximate surface area is 137 Å². The Balaban J connectivity index is 2.83. The smallest absolute Gasteiger partial charge is 0.328 e. The fraction of sp³-hybridized carbons (Fsp3) is 0.316. The van der Waals surface area contributed by atoms with E-state index >= 15 is 0 Å². The highest BCUT2D eigenvalue weighted by atomic mass is 16.4. The molecule has 0 heterocycles. The van der Waals surface area contributed by atoms with Gasteiger partial charge in [-0.3, -0.25) is 0 Å². The molecule has 0 radical (unpaired) electrons. The van der Waals surface area contributed by atoms with Crippen molar-refractivity contribution in [3.05, 3.63) is 58.7 Å². The summed E-state index contributed by atoms with van der Waals surface area (Å²) >= 11 is 0. The van der Waals surface area contributed by atoms with Crippen LogP contribution in [0.2, 0.25) is 0 Å². The van der Waals surface area contributed by atoms with E-state index in [1.54, 1.807) is 18.2 Å². The maximum atomic E-state index is 10.5. The summed E-state index contributed by atoms with van der Waals surface area (Å²) in [6.45, 7) is 5.83. The lowest BCUT2D eigenvalue weighted by atomic mass is 10.0. The standard InChI is InChI=1S/C19H24O4/c1-13(2)4-9-17(20)14(3)5-8-16-12-15(6-10-18(16)21)7-11-19(22)23/h4-7,10-12,17,20-21H,8-9H2,1-3H3,(H,22,23)/b11-7+,14-5+/t17-/m1/s1. The van der Waals surface area contributed by atoms with E-state index in [9.17, 15) is 15.0 Å². The SMILES string of the molecule is CC(C)=CC[C@@H](O)/C(C)=C/Cc1cc(/C=C/C(=O)O)ccc1O. The monoisotopic (exact) mass is 316 g/mol. The number of carboxylic acids is 1. The first-order valence-corrected chi connectivity index (χ1v) is 7.50. The van der Waals surface area contributed by atoms with E-state index in [0.29, 0.717) is 24.0 Å². The molecular formula is C19H24O4. The molecule has 23 heavy (non-hydrogen) atoms. The van der Waals surface area contributed by atoms with Crippen LogP contribution in [-0.2, 0) is 11.2 Å². The summed E-state index contributed by atoms with van der Waals surface area (Å²) in [5, 5.41) is 28.6. The van der Waals surface area contributed by atoms with Crippen molar-refractivity contribution in [3.8, 4) is 5.75 Å². The Morgan fingerprint density at radius 1 is 1.22 bits per heavy atom. The van der Waals surface area contributed by atoms with Gasteiger partial charge in [-0.1, -0.05) is 23.8 Å². The van der Waals surface area contributed by atoms with Crippen LogP contribution >= 0.6 is 0 Å². The third kappa shape index (κ3) is 6.98. The number of phenolic OH excluding ortho intramolecular Hbond substituents is 1. The van der Waals surface area contributed by atoms with Gasteiger partial charge >= 0.3 is 5.97 Å². The van der Waals surface area contributed by atoms with Crippen LogP contribution in [0.5, 0.6) is 5.75 Å². The quantitative estimate of drug-likeness (QED) is 0.529. The summed E-state index contributed by atoms with van der Waals surface area (Å²) in [4.78, 5) is 10.5. The van der Waals surface area contributed by atoms with Gasteiger partial charge in [-0.05, 0) is 68.5 Å². The zero-order chi connectivity index (χ0) is 17.4. The minimum absolute atomic E-state index is 0.153. The molecule has 0 fully saturated rings. The molecular weight excluding hydrogens is 292 g/mol. The molecule has 0 unspecified atom stereocenters. The Hall–Kier alpha value is -2.33. The number of phenols is 1. The normalized spacial score (nSPS) is 13.1. The van der Waals surface area contributed by atoms with E-state index in [4.69, 9.17) is 5.11 Å². The summed E-state index contributed by atoms with van der Waals surface area (Å²) in [6.07, 6.45) is 6.89. The summed E-state index contributed by atoms with van der Waals surface area (Å²) < 4.78 is 0. The lowest BCUT2D eigenvalue weighted by molar-refractivity contribution is -0.131. The van der Waals surface area contributed by atoms with Crippen LogP contribution in [0.4, 0.5) is 0 Å². The van der Waals surface area contributed by atoms with Gasteiger partial charge in [0.15, 0.2) is 0 Å². The summed E-state index contributed by atoms with van der Waals surface area (Å²) in [5.74, 6) is -0.863. The number of hydrogen-bond acceptors (Lipinski definition) is 3. The van der Waals surface area contributed by atoms with Crippen LogP contribution in [-0.4, -0.2) is 27.4 Å². The van der Waals surface area contributed by atoms with Crippen LogP contribution in [0.25, 0.3) is 6.08 Å². The van der Waals surface area contributed by atoms with Crippen molar-refractivity contribution < 1.29 is 20.1 Å².